The molecule has 1 aliphatic rings. The lowest BCUT2D eigenvalue weighted by Gasteiger charge is -2.31. The summed E-state index contributed by atoms with van der Waals surface area (Å²) in [5.41, 5.74) is 0. The van der Waals surface area contributed by atoms with Gasteiger partial charge in [0.25, 0.3) is 0 Å². The van der Waals surface area contributed by atoms with Gasteiger partial charge in [-0.15, -0.1) is 0 Å². The van der Waals surface area contributed by atoms with Crippen molar-refractivity contribution in [3.05, 3.63) is 5.92 Å². The minimum atomic E-state index is -5.44. The van der Waals surface area contributed by atoms with Crippen molar-refractivity contribution in [2.24, 2.45) is 5.92 Å². The highest BCUT2D eigenvalue weighted by Gasteiger charge is 2.52. The summed E-state index contributed by atoms with van der Waals surface area (Å²) in [6.45, 7) is -1.59. The Morgan fingerprint density at radius 3 is 2.12 bits per heavy atom. The monoisotopic (exact) mass is 404 g/mol. The second-order valence-corrected chi connectivity index (χ2v) is 7.19. The molecular formula is C13H24O12S. The average Bonchev–Trinajstić information content (AvgIpc) is 2.82. The highest BCUT2D eigenvalue weighted by atomic mass is 32.3. The molecule has 0 bridgehead atoms. The smallest absolute Gasteiger partial charge is 0.218 e. The fourth-order valence-electron chi connectivity index (χ4n) is 2.92. The highest BCUT2D eigenvalue weighted by molar-refractivity contribution is 7.80. The quantitative estimate of drug-likeness (QED) is 0.0971. The molecule has 0 aliphatic heterocycles. The Bertz CT molecular complexity index is 527. The SMILES string of the molecule is O=S(=O)([O-])O[C@@H]([C@H](O)[C@@H](O)[C@H](O)CO)[C@H](O)C[C+]1C[C@@H](O)[C@H](O)[C@H]1CO. The predicted octanol–water partition coefficient (Wildman–Crippen LogP) is -5.03. The van der Waals surface area contributed by atoms with E-state index >= 15 is 0 Å². The van der Waals surface area contributed by atoms with E-state index in [1.165, 1.54) is 0 Å². The molecule has 0 aromatic rings. The topological polar surface area (TPSA) is 228 Å². The van der Waals surface area contributed by atoms with Gasteiger partial charge in [-0.25, -0.2) is 8.42 Å². The van der Waals surface area contributed by atoms with E-state index in [1.54, 1.807) is 0 Å². The van der Waals surface area contributed by atoms with Gasteiger partial charge in [0.2, 0.25) is 10.4 Å². The van der Waals surface area contributed by atoms with Gasteiger partial charge in [-0.2, -0.15) is 0 Å². The second-order valence-electron chi connectivity index (χ2n) is 6.18. The van der Waals surface area contributed by atoms with Crippen molar-refractivity contribution in [1.29, 1.82) is 0 Å². The van der Waals surface area contributed by atoms with Crippen molar-refractivity contribution in [3.63, 3.8) is 0 Å². The van der Waals surface area contributed by atoms with E-state index in [0.717, 1.165) is 0 Å². The Kier molecular flexibility index (Phi) is 8.63. The van der Waals surface area contributed by atoms with Crippen LogP contribution in [0.1, 0.15) is 12.8 Å². The summed E-state index contributed by atoms with van der Waals surface area (Å²) in [6.07, 6.45) is -13.7. The zero-order chi connectivity index (χ0) is 20.2. The van der Waals surface area contributed by atoms with Crippen LogP contribution in [-0.4, -0.2) is 110 Å². The third kappa shape index (κ3) is 5.97. The van der Waals surface area contributed by atoms with Gasteiger partial charge in [0.05, 0.1) is 13.2 Å². The van der Waals surface area contributed by atoms with Crippen molar-refractivity contribution in [1.82, 2.24) is 0 Å². The average molecular weight is 404 g/mol. The van der Waals surface area contributed by atoms with Crippen LogP contribution in [-0.2, 0) is 14.6 Å². The van der Waals surface area contributed by atoms with Crippen LogP contribution in [0.15, 0.2) is 0 Å². The summed E-state index contributed by atoms with van der Waals surface area (Å²) in [4.78, 5) is 0. The molecule has 0 aromatic carbocycles. The molecule has 1 rings (SSSR count). The first kappa shape index (κ1) is 23.5. The zero-order valence-corrected chi connectivity index (χ0v) is 14.4. The predicted molar refractivity (Wildman–Crippen MR) is 80.7 cm³/mol. The van der Waals surface area contributed by atoms with Crippen molar-refractivity contribution in [2.75, 3.05) is 13.2 Å². The van der Waals surface area contributed by atoms with Crippen LogP contribution in [0.25, 0.3) is 0 Å². The number of hydrogen-bond acceptors (Lipinski definition) is 12. The zero-order valence-electron chi connectivity index (χ0n) is 13.6. The number of hydrogen-bond donors (Lipinski definition) is 8. The van der Waals surface area contributed by atoms with Gasteiger partial charge in [-0.3, -0.25) is 4.18 Å². The molecule has 8 N–H and O–H groups in total. The van der Waals surface area contributed by atoms with E-state index in [9.17, 15) is 48.7 Å². The molecule has 0 heterocycles. The van der Waals surface area contributed by atoms with Gasteiger partial charge in [-0.05, 0) is 0 Å². The van der Waals surface area contributed by atoms with Crippen LogP contribution >= 0.6 is 0 Å². The Labute approximate surface area is 149 Å². The summed E-state index contributed by atoms with van der Waals surface area (Å²) >= 11 is 0. The highest BCUT2D eigenvalue weighted by Crippen LogP contribution is 2.38. The minimum Gasteiger partial charge on any atom is -0.726 e. The van der Waals surface area contributed by atoms with Crippen LogP contribution in [0.2, 0.25) is 0 Å². The van der Waals surface area contributed by atoms with Gasteiger partial charge in [0.1, 0.15) is 61.5 Å². The van der Waals surface area contributed by atoms with Crippen LogP contribution in [0.5, 0.6) is 0 Å². The normalized spacial score (nSPS) is 30.0. The molecule has 1 aliphatic carbocycles. The lowest BCUT2D eigenvalue weighted by Crippen LogP contribution is -2.52. The van der Waals surface area contributed by atoms with Gasteiger partial charge in [0, 0.05) is 0 Å². The first-order chi connectivity index (χ1) is 11.9. The van der Waals surface area contributed by atoms with Crippen LogP contribution in [0, 0.1) is 11.8 Å². The lowest BCUT2D eigenvalue weighted by atomic mass is 9.87. The number of aliphatic hydroxyl groups excluding tert-OH is 8. The van der Waals surface area contributed by atoms with Gasteiger partial charge < -0.3 is 45.4 Å². The Balaban J connectivity index is 2.95. The second kappa shape index (κ2) is 9.57. The molecular weight excluding hydrogens is 380 g/mol. The van der Waals surface area contributed by atoms with Gasteiger partial charge in [-0.1, -0.05) is 0 Å². The van der Waals surface area contributed by atoms with Crippen molar-refractivity contribution in [3.8, 4) is 0 Å². The van der Waals surface area contributed by atoms with E-state index in [4.69, 9.17) is 5.11 Å². The molecule has 12 nitrogen and oxygen atoms in total. The van der Waals surface area contributed by atoms with Crippen molar-refractivity contribution < 1.29 is 58.0 Å². The lowest BCUT2D eigenvalue weighted by molar-refractivity contribution is -0.133. The molecule has 26 heavy (non-hydrogen) atoms. The van der Waals surface area contributed by atoms with Gasteiger partial charge in [0.15, 0.2) is 5.92 Å². The summed E-state index contributed by atoms with van der Waals surface area (Å²) in [6, 6.07) is 0. The number of aliphatic hydroxyl groups is 8. The third-order valence-corrected chi connectivity index (χ3v) is 4.80. The molecule has 0 radical (unpaired) electrons. The summed E-state index contributed by atoms with van der Waals surface area (Å²) in [7, 11) is -5.44. The molecule has 1 fully saturated rings. The fourth-order valence-corrected chi connectivity index (χ4v) is 3.44. The molecule has 0 aromatic heterocycles. The maximum atomic E-state index is 10.9. The molecule has 8 atom stereocenters. The summed E-state index contributed by atoms with van der Waals surface area (Å²) in [5, 5.41) is 76.5. The first-order valence-electron chi connectivity index (χ1n) is 7.71. The maximum absolute atomic E-state index is 10.9. The van der Waals surface area contributed by atoms with E-state index in [0.29, 0.717) is 0 Å². The van der Waals surface area contributed by atoms with Crippen LogP contribution < -0.4 is 0 Å². The molecule has 0 amide bonds. The molecule has 154 valence electrons. The molecule has 0 saturated heterocycles. The molecule has 1 saturated carbocycles. The molecule has 0 spiro atoms. The largest absolute Gasteiger partial charge is 0.726 e. The Hall–Kier alpha value is -0.580. The fraction of sp³-hybridized carbons (Fsp3) is 0.923. The Morgan fingerprint density at radius 1 is 1.08 bits per heavy atom. The summed E-state index contributed by atoms with van der Waals surface area (Å²) in [5.74, 6) is -0.712. The van der Waals surface area contributed by atoms with Gasteiger partial charge >= 0.3 is 0 Å². The molecule has 13 heteroatoms. The van der Waals surface area contributed by atoms with Crippen molar-refractivity contribution >= 4 is 10.4 Å². The Morgan fingerprint density at radius 2 is 1.65 bits per heavy atom. The number of rotatable bonds is 10. The molecule has 0 unspecified atom stereocenters. The van der Waals surface area contributed by atoms with E-state index < -0.39 is 78.7 Å². The third-order valence-electron chi connectivity index (χ3n) is 4.35. The summed E-state index contributed by atoms with van der Waals surface area (Å²) < 4.78 is 36.6. The standard InChI is InChI=1S/C13H24O12S/c14-3-6-5(1-7(16)10(6)19)2-8(17)13(25-26(22,23)24)12(21)11(20)9(18)4-15/h6-21H,1-4H2/t6-,7+,8+,9+,10+,11-,12+,13+/m0/s1. The van der Waals surface area contributed by atoms with E-state index in [1.807, 2.05) is 0 Å². The maximum Gasteiger partial charge on any atom is 0.218 e. The first-order valence-corrected chi connectivity index (χ1v) is 9.05. The van der Waals surface area contributed by atoms with Crippen LogP contribution in [0.4, 0.5) is 0 Å². The van der Waals surface area contributed by atoms with Crippen molar-refractivity contribution in [2.45, 2.75) is 55.6 Å². The minimum absolute atomic E-state index is 0.141. The van der Waals surface area contributed by atoms with Crippen LogP contribution in [0.3, 0.4) is 0 Å². The van der Waals surface area contributed by atoms with E-state index in [-0.39, 0.29) is 12.3 Å². The van der Waals surface area contributed by atoms with E-state index in [2.05, 4.69) is 4.18 Å².